The number of benzene rings is 3. The van der Waals surface area contributed by atoms with E-state index in [9.17, 15) is 4.79 Å². The maximum atomic E-state index is 12.9. The molecule has 0 spiro atoms. The molecule has 5 heteroatoms. The second kappa shape index (κ2) is 8.27. The number of rotatable bonds is 5. The average Bonchev–Trinajstić information content (AvgIpc) is 2.73. The number of nitrogens with zero attached hydrogens (tertiary/aromatic N) is 2. The molecule has 0 radical (unpaired) electrons. The summed E-state index contributed by atoms with van der Waals surface area (Å²) in [5, 5.41) is 0. The Morgan fingerprint density at radius 2 is 1.41 bits per heavy atom. The summed E-state index contributed by atoms with van der Waals surface area (Å²) in [6, 6.07) is 24.2. The van der Waals surface area contributed by atoms with E-state index in [1.807, 2.05) is 72.8 Å². The molecule has 0 fully saturated rings. The minimum absolute atomic E-state index is 0.170. The Bertz CT molecular complexity index is 898. The van der Waals surface area contributed by atoms with Crippen LogP contribution in [-0.4, -0.2) is 27.2 Å². The van der Waals surface area contributed by atoms with Gasteiger partial charge in [-0.05, 0) is 36.4 Å². The Hall–Kier alpha value is -3.47. The molecule has 0 bridgehead atoms. The molecule has 0 saturated heterocycles. The molecule has 5 nitrogen and oxygen atoms in total. The number of amides is 2. The first-order chi connectivity index (χ1) is 13.1. The van der Waals surface area contributed by atoms with Crippen molar-refractivity contribution in [1.29, 1.82) is 0 Å². The maximum Gasteiger partial charge on any atom is 0.328 e. The summed E-state index contributed by atoms with van der Waals surface area (Å²) >= 11 is 0. The van der Waals surface area contributed by atoms with Crippen molar-refractivity contribution >= 4 is 17.4 Å². The predicted molar refractivity (Wildman–Crippen MR) is 108 cm³/mol. The molecule has 0 N–H and O–H groups in total. The van der Waals surface area contributed by atoms with E-state index in [0.717, 1.165) is 11.4 Å². The number of anilines is 2. The first kappa shape index (κ1) is 18.3. The lowest BCUT2D eigenvalue weighted by molar-refractivity contribution is 0.253. The van der Waals surface area contributed by atoms with Crippen molar-refractivity contribution < 1.29 is 14.3 Å². The van der Waals surface area contributed by atoms with Crippen LogP contribution < -0.4 is 19.3 Å². The summed E-state index contributed by atoms with van der Waals surface area (Å²) in [6.45, 7) is 0. The molecule has 3 aromatic carbocycles. The van der Waals surface area contributed by atoms with Crippen molar-refractivity contribution in [3.8, 4) is 17.2 Å². The third kappa shape index (κ3) is 4.20. The molecule has 27 heavy (non-hydrogen) atoms. The zero-order valence-electron chi connectivity index (χ0n) is 15.6. The first-order valence-electron chi connectivity index (χ1n) is 8.57. The van der Waals surface area contributed by atoms with Gasteiger partial charge in [0.1, 0.15) is 17.2 Å². The Labute approximate surface area is 159 Å². The average molecular weight is 362 g/mol. The third-order valence-corrected chi connectivity index (χ3v) is 4.21. The lowest BCUT2D eigenvalue weighted by atomic mass is 10.2. The van der Waals surface area contributed by atoms with Crippen LogP contribution in [0, 0.1) is 0 Å². The summed E-state index contributed by atoms with van der Waals surface area (Å²) in [6.07, 6.45) is 0. The monoisotopic (exact) mass is 362 g/mol. The van der Waals surface area contributed by atoms with Gasteiger partial charge in [-0.25, -0.2) is 4.79 Å². The highest BCUT2D eigenvalue weighted by molar-refractivity contribution is 6.03. The molecule has 0 aliphatic rings. The highest BCUT2D eigenvalue weighted by Gasteiger charge is 2.20. The first-order valence-corrected chi connectivity index (χ1v) is 8.57. The SMILES string of the molecule is COc1cc(Oc2ccccc2)ccc1N(C)C(=O)N(C)c1ccccc1. The van der Waals surface area contributed by atoms with E-state index in [0.29, 0.717) is 17.2 Å². The van der Waals surface area contributed by atoms with E-state index in [1.165, 1.54) is 0 Å². The highest BCUT2D eigenvalue weighted by Crippen LogP contribution is 2.34. The number of urea groups is 1. The maximum absolute atomic E-state index is 12.9. The molecule has 3 rings (SSSR count). The van der Waals surface area contributed by atoms with Crippen LogP contribution in [0.25, 0.3) is 0 Å². The second-order valence-electron chi connectivity index (χ2n) is 5.98. The molecule has 0 unspecified atom stereocenters. The van der Waals surface area contributed by atoms with E-state index in [1.54, 1.807) is 37.1 Å². The molecular formula is C22H22N2O3. The number of methoxy groups -OCH3 is 1. The minimum atomic E-state index is -0.170. The van der Waals surface area contributed by atoms with E-state index in [4.69, 9.17) is 9.47 Å². The van der Waals surface area contributed by atoms with Gasteiger partial charge in [0.05, 0.1) is 12.8 Å². The number of para-hydroxylation sites is 2. The molecule has 2 amide bonds. The predicted octanol–water partition coefficient (Wildman–Crippen LogP) is 5.18. The fraction of sp³-hybridized carbons (Fsp3) is 0.136. The quantitative estimate of drug-likeness (QED) is 0.628. The van der Waals surface area contributed by atoms with Crippen LogP contribution in [0.3, 0.4) is 0 Å². The van der Waals surface area contributed by atoms with Gasteiger partial charge in [0.25, 0.3) is 0 Å². The van der Waals surface area contributed by atoms with Gasteiger partial charge in [-0.15, -0.1) is 0 Å². The van der Waals surface area contributed by atoms with Gasteiger partial charge in [0.15, 0.2) is 0 Å². The molecule has 3 aromatic rings. The number of ether oxygens (including phenoxy) is 2. The van der Waals surface area contributed by atoms with Gasteiger partial charge >= 0.3 is 6.03 Å². The zero-order valence-corrected chi connectivity index (χ0v) is 15.6. The summed E-state index contributed by atoms with van der Waals surface area (Å²) in [7, 11) is 5.04. The molecule has 0 atom stereocenters. The van der Waals surface area contributed by atoms with Crippen molar-refractivity contribution in [3.63, 3.8) is 0 Å². The normalized spacial score (nSPS) is 10.2. The molecule has 0 heterocycles. The molecular weight excluding hydrogens is 340 g/mol. The summed E-state index contributed by atoms with van der Waals surface area (Å²) in [4.78, 5) is 16.0. The molecule has 0 aliphatic heterocycles. The molecule has 0 saturated carbocycles. The van der Waals surface area contributed by atoms with E-state index in [-0.39, 0.29) is 6.03 Å². The van der Waals surface area contributed by atoms with Crippen molar-refractivity contribution in [1.82, 2.24) is 0 Å². The van der Waals surface area contributed by atoms with Crippen LogP contribution in [0.15, 0.2) is 78.9 Å². The van der Waals surface area contributed by atoms with Crippen LogP contribution >= 0.6 is 0 Å². The van der Waals surface area contributed by atoms with Gasteiger partial charge in [0, 0.05) is 25.8 Å². The van der Waals surface area contributed by atoms with E-state index >= 15 is 0 Å². The van der Waals surface area contributed by atoms with Crippen LogP contribution in [0.1, 0.15) is 0 Å². The number of carbonyl (C=O) groups is 1. The number of carbonyl (C=O) groups excluding carboxylic acids is 1. The smallest absolute Gasteiger partial charge is 0.328 e. The van der Waals surface area contributed by atoms with Crippen molar-refractivity contribution in [2.24, 2.45) is 0 Å². The Balaban J connectivity index is 1.82. The summed E-state index contributed by atoms with van der Waals surface area (Å²) in [5.41, 5.74) is 1.48. The third-order valence-electron chi connectivity index (χ3n) is 4.21. The van der Waals surface area contributed by atoms with Gasteiger partial charge in [-0.3, -0.25) is 9.80 Å². The summed E-state index contributed by atoms with van der Waals surface area (Å²) < 4.78 is 11.3. The van der Waals surface area contributed by atoms with E-state index < -0.39 is 0 Å². The largest absolute Gasteiger partial charge is 0.494 e. The Kier molecular flexibility index (Phi) is 5.61. The topological polar surface area (TPSA) is 42.0 Å². The summed E-state index contributed by atoms with van der Waals surface area (Å²) in [5.74, 6) is 1.93. The fourth-order valence-electron chi connectivity index (χ4n) is 2.71. The minimum Gasteiger partial charge on any atom is -0.494 e. The van der Waals surface area contributed by atoms with Gasteiger partial charge < -0.3 is 9.47 Å². The van der Waals surface area contributed by atoms with Crippen molar-refractivity contribution in [2.45, 2.75) is 0 Å². The van der Waals surface area contributed by atoms with Crippen LogP contribution in [0.4, 0.5) is 16.2 Å². The lowest BCUT2D eigenvalue weighted by Crippen LogP contribution is -2.39. The Morgan fingerprint density at radius 3 is 2.04 bits per heavy atom. The zero-order chi connectivity index (χ0) is 19.2. The Morgan fingerprint density at radius 1 is 0.778 bits per heavy atom. The standard InChI is InChI=1S/C22H22N2O3/c1-23(17-10-6-4-7-11-17)22(25)24(2)20-15-14-19(16-21(20)26-3)27-18-12-8-5-9-13-18/h4-16H,1-3H3. The van der Waals surface area contributed by atoms with Gasteiger partial charge in [-0.2, -0.15) is 0 Å². The number of hydrogen-bond donors (Lipinski definition) is 0. The molecule has 0 aromatic heterocycles. The lowest BCUT2D eigenvalue weighted by Gasteiger charge is -2.26. The molecule has 138 valence electrons. The van der Waals surface area contributed by atoms with Crippen LogP contribution in [0.2, 0.25) is 0 Å². The van der Waals surface area contributed by atoms with E-state index in [2.05, 4.69) is 0 Å². The van der Waals surface area contributed by atoms with Crippen molar-refractivity contribution in [3.05, 3.63) is 78.9 Å². The van der Waals surface area contributed by atoms with Crippen LogP contribution in [0.5, 0.6) is 17.2 Å². The molecule has 0 aliphatic carbocycles. The van der Waals surface area contributed by atoms with Crippen LogP contribution in [-0.2, 0) is 0 Å². The highest BCUT2D eigenvalue weighted by atomic mass is 16.5. The number of hydrogen-bond acceptors (Lipinski definition) is 3. The van der Waals surface area contributed by atoms with Gasteiger partial charge in [0.2, 0.25) is 0 Å². The fourth-order valence-corrected chi connectivity index (χ4v) is 2.71. The van der Waals surface area contributed by atoms with Crippen molar-refractivity contribution in [2.75, 3.05) is 31.0 Å². The second-order valence-corrected chi connectivity index (χ2v) is 5.98. The van der Waals surface area contributed by atoms with Gasteiger partial charge in [-0.1, -0.05) is 36.4 Å².